The van der Waals surface area contributed by atoms with Crippen molar-refractivity contribution in [3.8, 4) is 0 Å². The number of aryl methyl sites for hydroxylation is 1. The number of halogens is 2. The fraction of sp³-hybridized carbons (Fsp3) is 0.435. The van der Waals surface area contributed by atoms with Crippen molar-refractivity contribution >= 4 is 38.9 Å². The largest absolute Gasteiger partial charge is 0.356 e. The predicted molar refractivity (Wildman–Crippen MR) is 130 cm³/mol. The lowest BCUT2D eigenvalue weighted by Gasteiger charge is -2.26. The molecule has 0 bridgehead atoms. The average Bonchev–Trinajstić information content (AvgIpc) is 3.30. The summed E-state index contributed by atoms with van der Waals surface area (Å²) in [5, 5.41) is 10.4. The summed E-state index contributed by atoms with van der Waals surface area (Å²) < 4.78 is 53.6. The van der Waals surface area contributed by atoms with Crippen LogP contribution >= 0.6 is 0 Å². The van der Waals surface area contributed by atoms with Crippen molar-refractivity contribution in [2.24, 2.45) is 0 Å². The summed E-state index contributed by atoms with van der Waals surface area (Å²) in [6.07, 6.45) is 5.02. The van der Waals surface area contributed by atoms with E-state index in [-0.39, 0.29) is 5.95 Å². The lowest BCUT2D eigenvalue weighted by Crippen LogP contribution is -2.24. The molecule has 186 valence electrons. The predicted octanol–water partition coefficient (Wildman–Crippen LogP) is 4.18. The Morgan fingerprint density at radius 2 is 1.77 bits per heavy atom. The van der Waals surface area contributed by atoms with Gasteiger partial charge in [0, 0.05) is 43.7 Å². The van der Waals surface area contributed by atoms with E-state index in [0.29, 0.717) is 17.6 Å². The van der Waals surface area contributed by atoms with Crippen molar-refractivity contribution < 1.29 is 17.2 Å². The van der Waals surface area contributed by atoms with Gasteiger partial charge < -0.3 is 15.1 Å². The number of anilines is 5. The quantitative estimate of drug-likeness (QED) is 0.495. The van der Waals surface area contributed by atoms with Crippen LogP contribution in [-0.2, 0) is 9.84 Å². The molecule has 3 heterocycles. The second-order valence-electron chi connectivity index (χ2n) is 9.21. The van der Waals surface area contributed by atoms with E-state index in [1.807, 2.05) is 13.0 Å². The van der Waals surface area contributed by atoms with E-state index in [9.17, 15) is 8.42 Å². The summed E-state index contributed by atoms with van der Waals surface area (Å²) in [7, 11) is -2.31. The molecule has 9 nitrogen and oxygen atoms in total. The molecule has 0 atom stereocenters. The number of hydrogen-bond acceptors (Lipinski definition) is 8. The molecule has 0 unspecified atom stereocenters. The molecule has 2 aromatic heterocycles. The van der Waals surface area contributed by atoms with Gasteiger partial charge >= 0.3 is 0 Å². The SMILES string of the molecule is Cc1cc(Nc2nc(N(C)c3c(F)cc(S(C)(=O)=O)cc3F)nc(N3CCCC3)c2C2CC2)n[nH]1. The van der Waals surface area contributed by atoms with Crippen molar-refractivity contribution in [2.45, 2.75) is 43.4 Å². The van der Waals surface area contributed by atoms with Gasteiger partial charge in [0.1, 0.15) is 17.3 Å². The van der Waals surface area contributed by atoms with Gasteiger partial charge in [-0.2, -0.15) is 15.1 Å². The average molecular weight is 504 g/mol. The molecule has 35 heavy (non-hydrogen) atoms. The maximum Gasteiger partial charge on any atom is 0.233 e. The standard InChI is InChI=1S/C23H27F2N7O2S/c1-13-10-18(30-29-13)26-21-19(14-6-7-14)22(32-8-4-5-9-32)28-23(27-21)31(2)20-16(24)11-15(12-17(20)25)35(3,33)34/h10-12,14H,4-9H2,1-3H3,(H2,26,27,28,29,30). The number of hydrogen-bond donors (Lipinski definition) is 2. The number of aromatic amines is 1. The maximum absolute atomic E-state index is 15.0. The topological polar surface area (TPSA) is 107 Å². The highest BCUT2D eigenvalue weighted by atomic mass is 32.2. The van der Waals surface area contributed by atoms with Crippen LogP contribution in [0.5, 0.6) is 0 Å². The van der Waals surface area contributed by atoms with Crippen LogP contribution in [0.2, 0.25) is 0 Å². The molecule has 2 fully saturated rings. The first kappa shape index (κ1) is 23.5. The normalized spacial score (nSPS) is 16.1. The van der Waals surface area contributed by atoms with E-state index in [4.69, 9.17) is 4.98 Å². The third-order valence-corrected chi connectivity index (χ3v) is 7.40. The maximum atomic E-state index is 15.0. The molecular weight excluding hydrogens is 476 g/mol. The number of H-pyrrole nitrogens is 1. The van der Waals surface area contributed by atoms with E-state index in [0.717, 1.165) is 74.2 Å². The van der Waals surface area contributed by atoms with Gasteiger partial charge in [0.15, 0.2) is 27.3 Å². The highest BCUT2D eigenvalue weighted by Crippen LogP contribution is 2.48. The van der Waals surface area contributed by atoms with Crippen molar-refractivity contribution in [3.63, 3.8) is 0 Å². The molecule has 0 spiro atoms. The van der Waals surface area contributed by atoms with Crippen LogP contribution in [-0.4, -0.2) is 55.0 Å². The van der Waals surface area contributed by atoms with Crippen LogP contribution in [0.1, 0.15) is 42.9 Å². The molecule has 1 saturated heterocycles. The Morgan fingerprint density at radius 3 is 2.31 bits per heavy atom. The highest BCUT2D eigenvalue weighted by Gasteiger charge is 2.35. The number of rotatable bonds is 7. The Morgan fingerprint density at radius 1 is 1.11 bits per heavy atom. The molecule has 2 aliphatic rings. The Bertz CT molecular complexity index is 1360. The zero-order valence-electron chi connectivity index (χ0n) is 19.8. The van der Waals surface area contributed by atoms with Crippen molar-refractivity contribution in [1.82, 2.24) is 20.2 Å². The molecule has 5 rings (SSSR count). The Labute approximate surface area is 202 Å². The second kappa shape index (κ2) is 8.74. The third kappa shape index (κ3) is 4.66. The molecule has 0 amide bonds. The van der Waals surface area contributed by atoms with Crippen molar-refractivity contribution in [1.29, 1.82) is 0 Å². The van der Waals surface area contributed by atoms with Gasteiger partial charge in [-0.15, -0.1) is 0 Å². The minimum Gasteiger partial charge on any atom is -0.356 e. The molecule has 3 aromatic rings. The number of nitrogens with zero attached hydrogens (tertiary/aromatic N) is 5. The molecule has 1 saturated carbocycles. The Balaban J connectivity index is 1.63. The van der Waals surface area contributed by atoms with Gasteiger partial charge in [-0.05, 0) is 50.7 Å². The number of benzene rings is 1. The minimum atomic E-state index is -3.78. The van der Waals surface area contributed by atoms with Crippen LogP contribution in [0, 0.1) is 18.6 Å². The highest BCUT2D eigenvalue weighted by molar-refractivity contribution is 7.90. The van der Waals surface area contributed by atoms with E-state index in [2.05, 4.69) is 25.4 Å². The molecule has 12 heteroatoms. The Hall–Kier alpha value is -3.28. The summed E-state index contributed by atoms with van der Waals surface area (Å²) in [5.74, 6) is 0.257. The van der Waals surface area contributed by atoms with E-state index in [1.54, 1.807) is 0 Å². The van der Waals surface area contributed by atoms with Gasteiger partial charge in [0.05, 0.1) is 4.90 Å². The first-order valence-corrected chi connectivity index (χ1v) is 13.4. The van der Waals surface area contributed by atoms with Gasteiger partial charge in [-0.1, -0.05) is 0 Å². The fourth-order valence-corrected chi connectivity index (χ4v) is 5.02. The van der Waals surface area contributed by atoms with Gasteiger partial charge in [-0.25, -0.2) is 17.2 Å². The van der Waals surface area contributed by atoms with Crippen molar-refractivity contribution in [2.75, 3.05) is 41.5 Å². The fourth-order valence-electron chi connectivity index (χ4n) is 4.39. The summed E-state index contributed by atoms with van der Waals surface area (Å²) in [6, 6.07) is 3.48. The van der Waals surface area contributed by atoms with Crippen LogP contribution < -0.4 is 15.1 Å². The molecule has 0 radical (unpaired) electrons. The zero-order chi connectivity index (χ0) is 24.9. The van der Waals surface area contributed by atoms with Crippen LogP contribution in [0.3, 0.4) is 0 Å². The number of sulfone groups is 1. The lowest BCUT2D eigenvalue weighted by atomic mass is 10.1. The first-order chi connectivity index (χ1) is 16.6. The van der Waals surface area contributed by atoms with E-state index in [1.165, 1.54) is 11.9 Å². The Kier molecular flexibility index (Phi) is 5.86. The molecule has 2 N–H and O–H groups in total. The third-order valence-electron chi connectivity index (χ3n) is 6.31. The second-order valence-corrected chi connectivity index (χ2v) is 11.2. The molecule has 1 aliphatic carbocycles. The van der Waals surface area contributed by atoms with Crippen LogP contribution in [0.15, 0.2) is 23.1 Å². The first-order valence-electron chi connectivity index (χ1n) is 11.5. The smallest absolute Gasteiger partial charge is 0.233 e. The van der Waals surface area contributed by atoms with Crippen molar-refractivity contribution in [3.05, 3.63) is 41.1 Å². The van der Waals surface area contributed by atoms with Gasteiger partial charge in [0.25, 0.3) is 0 Å². The van der Waals surface area contributed by atoms with Crippen LogP contribution in [0.25, 0.3) is 0 Å². The van der Waals surface area contributed by atoms with E-state index >= 15 is 8.78 Å². The number of aromatic nitrogens is 4. The molecule has 1 aliphatic heterocycles. The van der Waals surface area contributed by atoms with E-state index < -0.39 is 32.1 Å². The van der Waals surface area contributed by atoms with Gasteiger partial charge in [-0.3, -0.25) is 5.10 Å². The summed E-state index contributed by atoms with van der Waals surface area (Å²) in [4.78, 5) is 12.4. The summed E-state index contributed by atoms with van der Waals surface area (Å²) >= 11 is 0. The molecular formula is C23H27F2N7O2S. The minimum absolute atomic E-state index is 0.0935. The number of nitrogens with one attached hydrogen (secondary N) is 2. The van der Waals surface area contributed by atoms with Crippen LogP contribution in [0.4, 0.5) is 37.9 Å². The summed E-state index contributed by atoms with van der Waals surface area (Å²) in [6.45, 7) is 3.57. The summed E-state index contributed by atoms with van der Waals surface area (Å²) in [5.41, 5.74) is 1.44. The molecule has 1 aromatic carbocycles. The zero-order valence-corrected chi connectivity index (χ0v) is 20.6. The lowest BCUT2D eigenvalue weighted by molar-refractivity contribution is 0.568. The van der Waals surface area contributed by atoms with Gasteiger partial charge in [0.2, 0.25) is 5.95 Å². The monoisotopic (exact) mass is 503 g/mol.